The van der Waals surface area contributed by atoms with Gasteiger partial charge in [0.2, 0.25) is 11.8 Å². The minimum absolute atomic E-state index is 0.0191. The minimum atomic E-state index is -4.63. The molecule has 0 saturated carbocycles. The van der Waals surface area contributed by atoms with E-state index >= 15 is 0 Å². The van der Waals surface area contributed by atoms with E-state index in [0.717, 1.165) is 13.8 Å². The van der Waals surface area contributed by atoms with Crippen LogP contribution in [0.4, 0.5) is 0 Å². The zero-order valence-corrected chi connectivity index (χ0v) is 36.4. The highest BCUT2D eigenvalue weighted by Crippen LogP contribution is 2.43. The zero-order valence-electron chi connectivity index (χ0n) is 35.5. The molecule has 2 amide bonds. The van der Waals surface area contributed by atoms with E-state index in [2.05, 4.69) is 10.6 Å². The Morgan fingerprint density at radius 2 is 1.17 bits per heavy atom. The van der Waals surface area contributed by atoms with E-state index < -0.39 is 157 Å². The topological polar surface area (TPSA) is 404 Å². The molecule has 28 heteroatoms. The van der Waals surface area contributed by atoms with E-state index in [1.807, 2.05) is 0 Å². The molecule has 0 aromatic heterocycles. The maximum absolute atomic E-state index is 12.5. The lowest BCUT2D eigenvalue weighted by Gasteiger charge is -2.48. The fraction of sp³-hybridized carbons (Fsp3) is 0.889. The number of hydrogen-bond donors (Lipinski definition) is 12. The Bertz CT molecular complexity index is 1500. The summed E-state index contributed by atoms with van der Waals surface area (Å²) in [5, 5.41) is 98.5. The van der Waals surface area contributed by atoms with Crippen LogP contribution in [0, 0.1) is 0 Å². The average Bonchev–Trinajstić information content (AvgIpc) is 3.24. The van der Waals surface area contributed by atoms with E-state index in [1.165, 1.54) is 6.92 Å². The number of amides is 2. The van der Waals surface area contributed by atoms with Crippen molar-refractivity contribution < 1.29 is 122 Å². The number of carbonyl (C=O) groups excluding carboxylic acids is 4. The average molecular weight is 955 g/mol. The van der Waals surface area contributed by atoms with Gasteiger partial charge in [-0.2, -0.15) is 0 Å². The molecule has 0 aromatic carbocycles. The number of nitrogens with one attached hydrogen (secondary N) is 2. The fourth-order valence-electron chi connectivity index (χ4n) is 6.47. The van der Waals surface area contributed by atoms with Crippen LogP contribution < -0.4 is 10.6 Å². The first-order chi connectivity index (χ1) is 30.2. The smallest absolute Gasteiger partial charge is 0.462 e. The van der Waals surface area contributed by atoms with Crippen LogP contribution in [0.1, 0.15) is 52.9 Å². The highest BCUT2D eigenvalue weighted by atomic mass is 31.2. The predicted octanol–water partition coefficient (Wildman–Crippen LogP) is -5.71. The maximum atomic E-state index is 12.5. The molecule has 0 radical (unpaired) electrons. The quantitative estimate of drug-likeness (QED) is 0.0218. The second-order valence-electron chi connectivity index (χ2n) is 15.1. The first-order valence-corrected chi connectivity index (χ1v) is 22.0. The number of aliphatic hydroxyl groups is 9. The third-order valence-corrected chi connectivity index (χ3v) is 10.9. The van der Waals surface area contributed by atoms with Crippen molar-refractivity contribution in [1.82, 2.24) is 10.6 Å². The van der Waals surface area contributed by atoms with Gasteiger partial charge in [0, 0.05) is 39.8 Å². The van der Waals surface area contributed by atoms with Crippen LogP contribution in [0.5, 0.6) is 0 Å². The van der Waals surface area contributed by atoms with E-state index in [-0.39, 0.29) is 44.9 Å². The van der Waals surface area contributed by atoms with Gasteiger partial charge < -0.3 is 99.4 Å². The number of carbonyl (C=O) groups is 4. The molecule has 3 heterocycles. The van der Waals surface area contributed by atoms with Gasteiger partial charge in [-0.1, -0.05) is 0 Å². The van der Waals surface area contributed by atoms with E-state index in [4.69, 9.17) is 46.9 Å². The Balaban J connectivity index is 1.45. The standard InChI is InChI=1S/C36H63N2O25P/c1-17-25(45)28(48)30(50)34(58-17)63-33-32(62-35-31(51)29(49)26(46)21(13-39)60-35)27(47)22(14-40)61-36(33)54-11-6-9-37-23(43)7-4-5-8-24(44)38-10-12-56-64(52,53)57-16-20(59-19(3)42)15-55-18(2)41/h17,20-22,25-36,39-40,45-51H,4-16H2,1-3H3,(H,37,43)(H,38,44)(H,52,53)/t17?,20?,21?,22?,25-,26+,27+,28?,29+,30+,31?,32?,33+,34+,35+,36-/m1/s1. The Morgan fingerprint density at radius 3 is 1.77 bits per heavy atom. The van der Waals surface area contributed by atoms with E-state index in [9.17, 15) is 74.6 Å². The number of unbranched alkanes of at least 4 members (excludes halogenated alkanes) is 1. The lowest BCUT2D eigenvalue weighted by molar-refractivity contribution is -0.390. The lowest BCUT2D eigenvalue weighted by Crippen LogP contribution is -2.67. The van der Waals surface area contributed by atoms with Crippen molar-refractivity contribution in [2.45, 2.75) is 151 Å². The number of aliphatic hydroxyl groups excluding tert-OH is 9. The fourth-order valence-corrected chi connectivity index (χ4v) is 7.22. The maximum Gasteiger partial charge on any atom is 0.472 e. The molecule has 64 heavy (non-hydrogen) atoms. The van der Waals surface area contributed by atoms with Gasteiger partial charge in [0.1, 0.15) is 73.8 Å². The highest BCUT2D eigenvalue weighted by Gasteiger charge is 2.54. The van der Waals surface area contributed by atoms with E-state index in [1.54, 1.807) is 0 Å². The Labute approximate surface area is 367 Å². The minimum Gasteiger partial charge on any atom is -0.462 e. The second kappa shape index (κ2) is 27.3. The second-order valence-corrected chi connectivity index (χ2v) is 16.5. The molecular formula is C36H63N2O25P. The molecule has 3 fully saturated rings. The van der Waals surface area contributed by atoms with Crippen LogP contribution in [0.2, 0.25) is 0 Å². The van der Waals surface area contributed by atoms with E-state index in [0.29, 0.717) is 12.8 Å². The summed E-state index contributed by atoms with van der Waals surface area (Å²) in [5.74, 6) is -2.20. The lowest BCUT2D eigenvalue weighted by atomic mass is 9.96. The number of phosphoric acid groups is 1. The van der Waals surface area contributed by atoms with Crippen molar-refractivity contribution >= 4 is 31.6 Å². The van der Waals surface area contributed by atoms with Crippen molar-refractivity contribution in [3.05, 3.63) is 0 Å². The summed E-state index contributed by atoms with van der Waals surface area (Å²) in [6, 6.07) is 0. The summed E-state index contributed by atoms with van der Waals surface area (Å²) in [6.07, 6.45) is -25.0. The summed E-state index contributed by atoms with van der Waals surface area (Å²) >= 11 is 0. The van der Waals surface area contributed by atoms with Crippen LogP contribution in [-0.2, 0) is 70.7 Å². The largest absolute Gasteiger partial charge is 0.472 e. The van der Waals surface area contributed by atoms with Gasteiger partial charge in [0.05, 0.1) is 39.1 Å². The molecule has 0 spiro atoms. The molecule has 372 valence electrons. The summed E-state index contributed by atoms with van der Waals surface area (Å²) in [7, 11) is -4.63. The molecule has 0 aromatic rings. The molecular weight excluding hydrogens is 891 g/mol. The molecule has 12 N–H and O–H groups in total. The molecule has 0 aliphatic carbocycles. The number of ether oxygens (including phenoxy) is 8. The summed E-state index contributed by atoms with van der Waals surface area (Å²) < 4.78 is 65.6. The van der Waals surface area contributed by atoms with Gasteiger partial charge in [-0.05, 0) is 26.2 Å². The van der Waals surface area contributed by atoms with Crippen molar-refractivity contribution in [2.24, 2.45) is 0 Å². The molecule has 3 aliphatic rings. The third-order valence-electron chi connectivity index (χ3n) is 9.93. The van der Waals surface area contributed by atoms with Gasteiger partial charge in [-0.3, -0.25) is 28.2 Å². The van der Waals surface area contributed by atoms with Crippen molar-refractivity contribution in [2.75, 3.05) is 52.7 Å². The molecule has 3 saturated heterocycles. The normalized spacial score (nSPS) is 34.5. The Kier molecular flexibility index (Phi) is 23.7. The molecule has 17 atom stereocenters. The van der Waals surface area contributed by atoms with Crippen LogP contribution in [-0.4, -0.2) is 226 Å². The third kappa shape index (κ3) is 17.6. The van der Waals surface area contributed by atoms with Crippen LogP contribution in [0.15, 0.2) is 0 Å². The number of rotatable bonds is 26. The Morgan fingerprint density at radius 1 is 0.625 bits per heavy atom. The van der Waals surface area contributed by atoms with Gasteiger partial charge in [-0.25, -0.2) is 4.57 Å². The number of hydrogen-bond acceptors (Lipinski definition) is 24. The molecule has 27 nitrogen and oxygen atoms in total. The van der Waals surface area contributed by atoms with Gasteiger partial charge in [0.15, 0.2) is 25.0 Å². The van der Waals surface area contributed by atoms with Gasteiger partial charge in [0.25, 0.3) is 0 Å². The summed E-state index contributed by atoms with van der Waals surface area (Å²) in [4.78, 5) is 56.7. The Hall–Kier alpha value is -2.61. The zero-order chi connectivity index (χ0) is 47.7. The van der Waals surface area contributed by atoms with Crippen LogP contribution >= 0.6 is 7.82 Å². The first-order valence-electron chi connectivity index (χ1n) is 20.5. The SMILES string of the molecule is CC(=O)OCC(COP(=O)(O)OCCNC(=O)CCCCC(=O)NCCCO[C@@H]1OC(CO)[C@H](O)C(O[C@@H]2OC(CO)[C@H](O)[C@H](O)C2O)[C@@H]1O[C@@H]1OC(C)[C@@H](O)C(O)[C@@H]1O)OC(C)=O. The monoisotopic (exact) mass is 954 g/mol. The van der Waals surface area contributed by atoms with Gasteiger partial charge in [-0.15, -0.1) is 0 Å². The van der Waals surface area contributed by atoms with Gasteiger partial charge >= 0.3 is 19.8 Å². The van der Waals surface area contributed by atoms with Crippen molar-refractivity contribution in [1.29, 1.82) is 0 Å². The van der Waals surface area contributed by atoms with Crippen LogP contribution in [0.3, 0.4) is 0 Å². The number of phosphoric ester groups is 1. The summed E-state index contributed by atoms with van der Waals surface area (Å²) in [5.41, 5.74) is 0. The van der Waals surface area contributed by atoms with Crippen LogP contribution in [0.25, 0.3) is 0 Å². The molecule has 8 unspecified atom stereocenters. The first kappa shape index (κ1) is 55.7. The van der Waals surface area contributed by atoms with Crippen molar-refractivity contribution in [3.8, 4) is 0 Å². The molecule has 3 rings (SSSR count). The van der Waals surface area contributed by atoms with Crippen molar-refractivity contribution in [3.63, 3.8) is 0 Å². The predicted molar refractivity (Wildman–Crippen MR) is 207 cm³/mol. The number of esters is 2. The molecule has 0 bridgehead atoms. The highest BCUT2D eigenvalue weighted by molar-refractivity contribution is 7.47. The summed E-state index contributed by atoms with van der Waals surface area (Å²) in [6.45, 7) is 0.292. The molecule has 3 aliphatic heterocycles.